The highest BCUT2D eigenvalue weighted by Gasteiger charge is 2.64. The van der Waals surface area contributed by atoms with E-state index in [1.54, 1.807) is 7.11 Å². The van der Waals surface area contributed by atoms with Gasteiger partial charge in [-0.05, 0) is 54.3 Å². The van der Waals surface area contributed by atoms with E-state index in [1.165, 1.54) is 12.1 Å². The van der Waals surface area contributed by atoms with Crippen LogP contribution in [0.1, 0.15) is 23.1 Å². The molecule has 1 saturated carbocycles. The second kappa shape index (κ2) is 5.95. The Labute approximate surface area is 150 Å². The summed E-state index contributed by atoms with van der Waals surface area (Å²) in [4.78, 5) is 0. The van der Waals surface area contributed by atoms with Gasteiger partial charge in [-0.1, -0.05) is 36.1 Å². The number of allylic oxidation sites excluding steroid dienone is 2. The first kappa shape index (κ1) is 16.8. The van der Waals surface area contributed by atoms with Gasteiger partial charge in [0.1, 0.15) is 5.75 Å². The molecule has 26 heavy (non-hydrogen) atoms. The Bertz CT molecular complexity index is 898. The van der Waals surface area contributed by atoms with Gasteiger partial charge in [0, 0.05) is 11.5 Å². The highest BCUT2D eigenvalue weighted by Crippen LogP contribution is 2.65. The summed E-state index contributed by atoms with van der Waals surface area (Å²) in [6.45, 7) is 0. The Morgan fingerprint density at radius 3 is 2.27 bits per heavy atom. The van der Waals surface area contributed by atoms with Crippen LogP contribution in [0.2, 0.25) is 0 Å². The van der Waals surface area contributed by atoms with E-state index in [2.05, 4.69) is 24.0 Å². The third-order valence-corrected chi connectivity index (χ3v) is 5.36. The molecule has 0 radical (unpaired) electrons. The van der Waals surface area contributed by atoms with E-state index in [9.17, 15) is 13.2 Å². The molecule has 0 heterocycles. The summed E-state index contributed by atoms with van der Waals surface area (Å²) in [7, 11) is 1.63. The van der Waals surface area contributed by atoms with Gasteiger partial charge in [0.15, 0.2) is 0 Å². The number of hydrogen-bond acceptors (Lipinski definition) is 1. The van der Waals surface area contributed by atoms with E-state index in [-0.39, 0.29) is 5.41 Å². The number of methoxy groups -OCH3 is 1. The predicted octanol–water partition coefficient (Wildman–Crippen LogP) is 5.21. The molecular formula is C22H17F3O. The van der Waals surface area contributed by atoms with Gasteiger partial charge in [0.05, 0.1) is 18.1 Å². The van der Waals surface area contributed by atoms with Crippen molar-refractivity contribution in [1.29, 1.82) is 0 Å². The fourth-order valence-corrected chi connectivity index (χ4v) is 3.92. The number of benzene rings is 2. The van der Waals surface area contributed by atoms with Gasteiger partial charge in [0.25, 0.3) is 0 Å². The normalized spacial score (nSPS) is 26.0. The minimum Gasteiger partial charge on any atom is -0.497 e. The molecule has 1 fully saturated rings. The average Bonchev–Trinajstić information content (AvgIpc) is 2.99. The van der Waals surface area contributed by atoms with Crippen molar-refractivity contribution in [3.8, 4) is 17.6 Å². The lowest BCUT2D eigenvalue weighted by atomic mass is 9.89. The molecule has 132 valence electrons. The van der Waals surface area contributed by atoms with Crippen LogP contribution in [0.25, 0.3) is 0 Å². The van der Waals surface area contributed by atoms with Crippen molar-refractivity contribution < 1.29 is 17.9 Å². The van der Waals surface area contributed by atoms with Gasteiger partial charge in [0.2, 0.25) is 0 Å². The van der Waals surface area contributed by atoms with Gasteiger partial charge in [-0.15, -0.1) is 0 Å². The number of halogens is 3. The summed E-state index contributed by atoms with van der Waals surface area (Å²) < 4.78 is 43.3. The van der Waals surface area contributed by atoms with Crippen molar-refractivity contribution >= 4 is 0 Å². The highest BCUT2D eigenvalue weighted by molar-refractivity contribution is 5.54. The summed E-state index contributed by atoms with van der Waals surface area (Å²) in [6.07, 6.45) is 1.04. The van der Waals surface area contributed by atoms with Gasteiger partial charge in [-0.3, -0.25) is 0 Å². The lowest BCUT2D eigenvalue weighted by Gasteiger charge is -2.14. The Hall–Kier alpha value is -2.67. The number of fused-ring (bicyclic) bond motifs is 1. The molecule has 0 aromatic heterocycles. The standard InChI is InChI=1S/C22H17F3O/c1-26-18-11-9-16(10-12-18)21(19-3-2-4-20(19)21)14-13-15-5-7-17(8-6-15)22(23,24)25/h2-3,5-12,19-20H,4H2,1H3. The summed E-state index contributed by atoms with van der Waals surface area (Å²) in [5.41, 5.74) is 0.833. The van der Waals surface area contributed by atoms with Gasteiger partial charge >= 0.3 is 6.18 Å². The minimum absolute atomic E-state index is 0.246. The van der Waals surface area contributed by atoms with E-state index in [1.807, 2.05) is 24.3 Å². The maximum atomic E-state index is 12.7. The first-order chi connectivity index (χ1) is 12.4. The SMILES string of the molecule is COc1ccc(C2(C#Cc3ccc(C(F)(F)F)cc3)C3C=CCC32)cc1. The second-order valence-electron chi connectivity index (χ2n) is 6.72. The number of rotatable bonds is 2. The molecule has 4 heteroatoms. The maximum absolute atomic E-state index is 12.7. The van der Waals surface area contributed by atoms with E-state index >= 15 is 0 Å². The largest absolute Gasteiger partial charge is 0.497 e. The molecule has 0 bridgehead atoms. The predicted molar refractivity (Wildman–Crippen MR) is 93.7 cm³/mol. The van der Waals surface area contributed by atoms with Crippen LogP contribution in [0.15, 0.2) is 60.7 Å². The van der Waals surface area contributed by atoms with Crippen LogP contribution < -0.4 is 4.74 Å². The van der Waals surface area contributed by atoms with Gasteiger partial charge in [-0.25, -0.2) is 0 Å². The fraction of sp³-hybridized carbons (Fsp3) is 0.273. The molecule has 0 saturated heterocycles. The Kier molecular flexibility index (Phi) is 3.84. The van der Waals surface area contributed by atoms with E-state index < -0.39 is 11.7 Å². The molecule has 4 rings (SSSR count). The molecule has 0 aliphatic heterocycles. The van der Waals surface area contributed by atoms with Crippen LogP contribution in [0.4, 0.5) is 13.2 Å². The first-order valence-corrected chi connectivity index (χ1v) is 8.47. The molecule has 2 aromatic rings. The van der Waals surface area contributed by atoms with Crippen LogP contribution in [0, 0.1) is 23.7 Å². The first-order valence-electron chi connectivity index (χ1n) is 8.47. The lowest BCUT2D eigenvalue weighted by molar-refractivity contribution is -0.137. The van der Waals surface area contributed by atoms with Gasteiger partial charge < -0.3 is 4.74 Å². The smallest absolute Gasteiger partial charge is 0.416 e. The van der Waals surface area contributed by atoms with E-state index in [0.717, 1.165) is 29.9 Å². The molecule has 0 spiro atoms. The third-order valence-electron chi connectivity index (χ3n) is 5.36. The van der Waals surface area contributed by atoms with Crippen molar-refractivity contribution in [1.82, 2.24) is 0 Å². The Balaban J connectivity index is 1.66. The third kappa shape index (κ3) is 2.68. The molecule has 1 nitrogen and oxygen atoms in total. The van der Waals surface area contributed by atoms with Crippen molar-refractivity contribution in [2.75, 3.05) is 7.11 Å². The summed E-state index contributed by atoms with van der Waals surface area (Å²) in [6, 6.07) is 13.0. The van der Waals surface area contributed by atoms with Crippen LogP contribution >= 0.6 is 0 Å². The minimum atomic E-state index is -4.32. The summed E-state index contributed by atoms with van der Waals surface area (Å²) in [5, 5.41) is 0. The van der Waals surface area contributed by atoms with Crippen LogP contribution in [0.3, 0.4) is 0 Å². The number of hydrogen-bond donors (Lipinski definition) is 0. The molecule has 0 N–H and O–H groups in total. The quantitative estimate of drug-likeness (QED) is 0.531. The van der Waals surface area contributed by atoms with Crippen LogP contribution in [-0.4, -0.2) is 7.11 Å². The topological polar surface area (TPSA) is 9.23 Å². The van der Waals surface area contributed by atoms with Gasteiger partial charge in [-0.2, -0.15) is 13.2 Å². The molecule has 3 atom stereocenters. The molecular weight excluding hydrogens is 337 g/mol. The monoisotopic (exact) mass is 354 g/mol. The molecule has 2 aliphatic rings. The second-order valence-corrected chi connectivity index (χ2v) is 6.72. The zero-order valence-corrected chi connectivity index (χ0v) is 14.2. The Morgan fingerprint density at radius 2 is 1.73 bits per heavy atom. The maximum Gasteiger partial charge on any atom is 0.416 e. The highest BCUT2D eigenvalue weighted by atomic mass is 19.4. The fourth-order valence-electron chi connectivity index (χ4n) is 3.92. The van der Waals surface area contributed by atoms with E-state index in [0.29, 0.717) is 17.4 Å². The Morgan fingerprint density at radius 1 is 1.04 bits per heavy atom. The van der Waals surface area contributed by atoms with Crippen molar-refractivity contribution in [2.45, 2.75) is 18.0 Å². The molecule has 0 amide bonds. The van der Waals surface area contributed by atoms with E-state index in [4.69, 9.17) is 4.74 Å². The zero-order valence-electron chi connectivity index (χ0n) is 14.2. The summed E-state index contributed by atoms with van der Waals surface area (Å²) in [5.74, 6) is 8.08. The number of alkyl halides is 3. The summed E-state index contributed by atoms with van der Waals surface area (Å²) >= 11 is 0. The van der Waals surface area contributed by atoms with Crippen molar-refractivity contribution in [3.05, 3.63) is 77.4 Å². The van der Waals surface area contributed by atoms with Crippen molar-refractivity contribution in [2.24, 2.45) is 11.8 Å². The lowest BCUT2D eigenvalue weighted by Crippen LogP contribution is -2.10. The number of ether oxygens (including phenoxy) is 1. The average molecular weight is 354 g/mol. The van der Waals surface area contributed by atoms with Crippen LogP contribution in [0.5, 0.6) is 5.75 Å². The van der Waals surface area contributed by atoms with Crippen molar-refractivity contribution in [3.63, 3.8) is 0 Å². The van der Waals surface area contributed by atoms with Crippen LogP contribution in [-0.2, 0) is 11.6 Å². The molecule has 3 unspecified atom stereocenters. The molecule has 2 aromatic carbocycles. The zero-order chi connectivity index (χ0) is 18.4. The molecule has 2 aliphatic carbocycles.